The average molecular weight is 515 g/mol. The summed E-state index contributed by atoms with van der Waals surface area (Å²) in [6.45, 7) is 10.0. The van der Waals surface area contributed by atoms with E-state index in [-0.39, 0.29) is 24.0 Å². The highest BCUT2D eigenvalue weighted by molar-refractivity contribution is 14.0. The second-order valence-corrected chi connectivity index (χ2v) is 8.29. The smallest absolute Gasteiger partial charge is 0.191 e. The molecule has 0 aromatic heterocycles. The predicted octanol–water partition coefficient (Wildman–Crippen LogP) is 3.18. The Bertz CT molecular complexity index is 656. The number of piperidine rings is 1. The molecular weight excluding hydrogens is 477 g/mol. The molecule has 2 fully saturated rings. The van der Waals surface area contributed by atoms with E-state index in [1.807, 2.05) is 19.2 Å². The molecule has 0 aliphatic carbocycles. The third-order valence-electron chi connectivity index (χ3n) is 6.06. The lowest BCUT2D eigenvalue weighted by Crippen LogP contribution is -2.50. The van der Waals surface area contributed by atoms with E-state index in [2.05, 4.69) is 51.4 Å². The quantitative estimate of drug-likeness (QED) is 0.347. The van der Waals surface area contributed by atoms with Gasteiger partial charge in [-0.1, -0.05) is 19.1 Å². The maximum absolute atomic E-state index is 5.52. The van der Waals surface area contributed by atoms with Gasteiger partial charge >= 0.3 is 0 Å². The van der Waals surface area contributed by atoms with Crippen molar-refractivity contribution < 1.29 is 4.74 Å². The van der Waals surface area contributed by atoms with Gasteiger partial charge in [0, 0.05) is 45.3 Å². The lowest BCUT2D eigenvalue weighted by molar-refractivity contribution is 0.139. The number of nitrogens with one attached hydrogen (secondary N) is 2. The van der Waals surface area contributed by atoms with Gasteiger partial charge in [-0.2, -0.15) is 0 Å². The standard InChI is InChI=1S/C22H37N5O.HI/c1-17-8-7-12-26(15-17)18(2)14-24-22(23-3)25-19-11-13-27(16-19)20-9-5-6-10-21(20)28-4;/h5-6,9-10,17-19H,7-8,11-16H2,1-4H3,(H2,23,24,25);1H. The molecular formula is C22H38IN5O. The Morgan fingerprint density at radius 1 is 1.24 bits per heavy atom. The zero-order valence-electron chi connectivity index (χ0n) is 18.4. The summed E-state index contributed by atoms with van der Waals surface area (Å²) >= 11 is 0. The van der Waals surface area contributed by atoms with Crippen LogP contribution in [0.15, 0.2) is 29.3 Å². The van der Waals surface area contributed by atoms with Crippen LogP contribution in [0.4, 0.5) is 5.69 Å². The summed E-state index contributed by atoms with van der Waals surface area (Å²) in [4.78, 5) is 9.44. The van der Waals surface area contributed by atoms with E-state index < -0.39 is 0 Å². The van der Waals surface area contributed by atoms with Crippen LogP contribution >= 0.6 is 24.0 Å². The Balaban J connectivity index is 0.00000300. The fourth-order valence-electron chi connectivity index (χ4n) is 4.38. The molecule has 0 spiro atoms. The van der Waals surface area contributed by atoms with Crippen LogP contribution in [0.3, 0.4) is 0 Å². The van der Waals surface area contributed by atoms with E-state index in [0.29, 0.717) is 12.1 Å². The number of halogens is 1. The first-order chi connectivity index (χ1) is 13.6. The van der Waals surface area contributed by atoms with E-state index in [0.717, 1.165) is 43.7 Å². The topological polar surface area (TPSA) is 52.1 Å². The molecule has 0 bridgehead atoms. The lowest BCUT2D eigenvalue weighted by atomic mass is 9.99. The van der Waals surface area contributed by atoms with E-state index in [9.17, 15) is 0 Å². The van der Waals surface area contributed by atoms with E-state index in [1.165, 1.54) is 31.6 Å². The molecule has 3 atom stereocenters. The summed E-state index contributed by atoms with van der Waals surface area (Å²) in [6, 6.07) is 9.16. The number of benzene rings is 1. The SMILES string of the molecule is CN=C(NCC(C)N1CCCC(C)C1)NC1CCN(c2ccccc2OC)C1.I. The number of aliphatic imine (C=N–C) groups is 1. The Labute approximate surface area is 193 Å². The highest BCUT2D eigenvalue weighted by Crippen LogP contribution is 2.30. The second-order valence-electron chi connectivity index (χ2n) is 8.29. The van der Waals surface area contributed by atoms with Crippen LogP contribution in [0.2, 0.25) is 0 Å². The van der Waals surface area contributed by atoms with Crippen molar-refractivity contribution in [2.45, 2.75) is 45.2 Å². The first-order valence-corrected chi connectivity index (χ1v) is 10.7. The summed E-state index contributed by atoms with van der Waals surface area (Å²) in [5.41, 5.74) is 1.17. The summed E-state index contributed by atoms with van der Waals surface area (Å²) in [5.74, 6) is 2.66. The molecule has 1 aromatic carbocycles. The molecule has 2 N–H and O–H groups in total. The number of guanidine groups is 1. The highest BCUT2D eigenvalue weighted by atomic mass is 127. The molecule has 2 saturated heterocycles. The van der Waals surface area contributed by atoms with Gasteiger partial charge in [0.2, 0.25) is 0 Å². The number of anilines is 1. The molecule has 7 heteroatoms. The highest BCUT2D eigenvalue weighted by Gasteiger charge is 2.26. The third-order valence-corrected chi connectivity index (χ3v) is 6.06. The average Bonchev–Trinajstić information content (AvgIpc) is 3.19. The molecule has 3 unspecified atom stereocenters. The first-order valence-electron chi connectivity index (χ1n) is 10.7. The second kappa shape index (κ2) is 11.8. The van der Waals surface area contributed by atoms with Gasteiger partial charge < -0.3 is 20.3 Å². The monoisotopic (exact) mass is 515 g/mol. The number of nitrogens with zero attached hydrogens (tertiary/aromatic N) is 3. The van der Waals surface area contributed by atoms with Crippen molar-refractivity contribution in [1.82, 2.24) is 15.5 Å². The molecule has 3 rings (SSSR count). The van der Waals surface area contributed by atoms with Gasteiger partial charge in [-0.25, -0.2) is 0 Å². The normalized spacial score (nSPS) is 24.0. The van der Waals surface area contributed by atoms with Crippen LogP contribution < -0.4 is 20.3 Å². The molecule has 6 nitrogen and oxygen atoms in total. The van der Waals surface area contributed by atoms with E-state index >= 15 is 0 Å². The van der Waals surface area contributed by atoms with E-state index in [4.69, 9.17) is 4.74 Å². The van der Waals surface area contributed by atoms with Crippen LogP contribution in [0, 0.1) is 5.92 Å². The Morgan fingerprint density at radius 3 is 2.76 bits per heavy atom. The van der Waals surface area contributed by atoms with Crippen LogP contribution in [-0.4, -0.2) is 69.8 Å². The van der Waals surface area contributed by atoms with Crippen molar-refractivity contribution in [1.29, 1.82) is 0 Å². The van der Waals surface area contributed by atoms with Gasteiger partial charge in [0.15, 0.2) is 5.96 Å². The zero-order valence-corrected chi connectivity index (χ0v) is 20.7. The molecule has 2 aliphatic heterocycles. The van der Waals surface area contributed by atoms with Gasteiger partial charge in [0.25, 0.3) is 0 Å². The molecule has 29 heavy (non-hydrogen) atoms. The summed E-state index contributed by atoms with van der Waals surface area (Å²) in [6.07, 6.45) is 3.78. The van der Waals surface area contributed by atoms with Crippen LogP contribution in [0.1, 0.15) is 33.1 Å². The van der Waals surface area contributed by atoms with Crippen molar-refractivity contribution in [3.8, 4) is 5.75 Å². The number of para-hydroxylation sites is 2. The fraction of sp³-hybridized carbons (Fsp3) is 0.682. The molecule has 164 valence electrons. The van der Waals surface area contributed by atoms with Crippen molar-refractivity contribution in [3.63, 3.8) is 0 Å². The maximum Gasteiger partial charge on any atom is 0.191 e. The Morgan fingerprint density at radius 2 is 2.03 bits per heavy atom. The van der Waals surface area contributed by atoms with Crippen LogP contribution in [0.25, 0.3) is 0 Å². The number of methoxy groups -OCH3 is 1. The minimum Gasteiger partial charge on any atom is -0.495 e. The van der Waals surface area contributed by atoms with Crippen LogP contribution in [-0.2, 0) is 0 Å². The van der Waals surface area contributed by atoms with Crippen molar-refractivity contribution in [2.75, 3.05) is 51.8 Å². The minimum atomic E-state index is 0. The molecule has 0 saturated carbocycles. The number of likely N-dealkylation sites (tertiary alicyclic amines) is 1. The predicted molar refractivity (Wildman–Crippen MR) is 133 cm³/mol. The number of ether oxygens (including phenoxy) is 1. The van der Waals surface area contributed by atoms with Gasteiger partial charge in [-0.15, -0.1) is 24.0 Å². The minimum absolute atomic E-state index is 0. The Kier molecular flexibility index (Phi) is 9.82. The zero-order chi connectivity index (χ0) is 19.9. The summed E-state index contributed by atoms with van der Waals surface area (Å²) < 4.78 is 5.52. The van der Waals surface area contributed by atoms with E-state index in [1.54, 1.807) is 7.11 Å². The third kappa shape index (κ3) is 6.64. The summed E-state index contributed by atoms with van der Waals surface area (Å²) in [5, 5.41) is 7.15. The van der Waals surface area contributed by atoms with Crippen LogP contribution in [0.5, 0.6) is 5.75 Å². The maximum atomic E-state index is 5.52. The number of rotatable bonds is 6. The number of hydrogen-bond acceptors (Lipinski definition) is 4. The first kappa shape index (κ1) is 24.1. The summed E-state index contributed by atoms with van der Waals surface area (Å²) in [7, 11) is 3.59. The van der Waals surface area contributed by atoms with Crippen molar-refractivity contribution in [2.24, 2.45) is 10.9 Å². The van der Waals surface area contributed by atoms with Gasteiger partial charge in [-0.3, -0.25) is 9.89 Å². The molecule has 2 aliphatic rings. The van der Waals surface area contributed by atoms with Gasteiger partial charge in [-0.05, 0) is 50.8 Å². The molecule has 1 aromatic rings. The van der Waals surface area contributed by atoms with Crippen molar-refractivity contribution in [3.05, 3.63) is 24.3 Å². The van der Waals surface area contributed by atoms with Crippen molar-refractivity contribution >= 4 is 35.6 Å². The van der Waals surface area contributed by atoms with Gasteiger partial charge in [0.1, 0.15) is 5.75 Å². The molecule has 2 heterocycles. The Hall–Kier alpha value is -1.22. The number of hydrogen-bond donors (Lipinski definition) is 2. The molecule has 0 radical (unpaired) electrons. The van der Waals surface area contributed by atoms with Gasteiger partial charge in [0.05, 0.1) is 12.8 Å². The molecule has 0 amide bonds. The lowest BCUT2D eigenvalue weighted by Gasteiger charge is -2.35. The largest absolute Gasteiger partial charge is 0.495 e. The fourth-order valence-corrected chi connectivity index (χ4v) is 4.38.